The Morgan fingerprint density at radius 1 is 0.775 bits per heavy atom. The Bertz CT molecular complexity index is 1340. The average Bonchev–Trinajstić information content (AvgIpc) is 3.00. The zero-order chi connectivity index (χ0) is 28.0. The average molecular weight is 563 g/mol. The highest BCUT2D eigenvalue weighted by molar-refractivity contribution is 7.89. The molecule has 214 valence electrons. The number of rotatable bonds is 11. The third-order valence-electron chi connectivity index (χ3n) is 8.80. The van der Waals surface area contributed by atoms with E-state index in [1.807, 2.05) is 6.07 Å². The van der Waals surface area contributed by atoms with E-state index in [4.69, 9.17) is 9.47 Å². The molecule has 2 aliphatic rings. The molecular formula is C33H42N2O4S. The summed E-state index contributed by atoms with van der Waals surface area (Å²) in [5, 5.41) is 3.98. The summed E-state index contributed by atoms with van der Waals surface area (Å²) < 4.78 is 39.3. The molecule has 0 amide bonds. The van der Waals surface area contributed by atoms with Gasteiger partial charge in [-0.05, 0) is 104 Å². The van der Waals surface area contributed by atoms with Crippen molar-refractivity contribution in [1.29, 1.82) is 0 Å². The summed E-state index contributed by atoms with van der Waals surface area (Å²) >= 11 is 0. The number of sulfonamides is 1. The fourth-order valence-corrected chi connectivity index (χ4v) is 7.60. The highest BCUT2D eigenvalue weighted by Gasteiger charge is 2.32. The lowest BCUT2D eigenvalue weighted by atomic mass is 9.75. The number of hydrogen-bond donors (Lipinski definition) is 2. The van der Waals surface area contributed by atoms with Crippen LogP contribution in [0.4, 0.5) is 0 Å². The van der Waals surface area contributed by atoms with Crippen molar-refractivity contribution < 1.29 is 17.9 Å². The van der Waals surface area contributed by atoms with E-state index in [1.165, 1.54) is 16.7 Å². The van der Waals surface area contributed by atoms with E-state index in [-0.39, 0.29) is 0 Å². The Balaban J connectivity index is 1.19. The van der Waals surface area contributed by atoms with Gasteiger partial charge in [-0.15, -0.1) is 0 Å². The monoisotopic (exact) mass is 562 g/mol. The van der Waals surface area contributed by atoms with E-state index >= 15 is 0 Å². The Labute approximate surface area is 239 Å². The lowest BCUT2D eigenvalue weighted by Crippen LogP contribution is -2.42. The zero-order valence-electron chi connectivity index (χ0n) is 23.6. The van der Waals surface area contributed by atoms with Gasteiger partial charge in [0.25, 0.3) is 0 Å². The van der Waals surface area contributed by atoms with Crippen LogP contribution >= 0.6 is 0 Å². The number of fused-ring (bicyclic) bond motifs is 1. The van der Waals surface area contributed by atoms with Crippen LogP contribution in [0.2, 0.25) is 0 Å². The minimum atomic E-state index is -3.44. The minimum absolute atomic E-state index is 0.336. The molecule has 0 spiro atoms. The molecule has 5 rings (SSSR count). The topological polar surface area (TPSA) is 76.7 Å². The Kier molecular flexibility index (Phi) is 9.45. The van der Waals surface area contributed by atoms with E-state index in [2.05, 4.69) is 52.5 Å². The summed E-state index contributed by atoms with van der Waals surface area (Å²) in [5.41, 5.74) is 4.06. The van der Waals surface area contributed by atoms with Crippen LogP contribution < -0.4 is 19.5 Å². The molecular weight excluding hydrogens is 520 g/mol. The molecule has 0 saturated heterocycles. The number of aryl methyl sites for hydroxylation is 1. The molecule has 3 aromatic rings. The third kappa shape index (κ3) is 6.88. The molecule has 2 atom stereocenters. The molecule has 2 aliphatic carbocycles. The second-order valence-electron chi connectivity index (χ2n) is 11.3. The predicted molar refractivity (Wildman–Crippen MR) is 160 cm³/mol. The van der Waals surface area contributed by atoms with Gasteiger partial charge in [-0.2, -0.15) is 0 Å². The lowest BCUT2D eigenvalue weighted by molar-refractivity contribution is 0.252. The van der Waals surface area contributed by atoms with Gasteiger partial charge in [0.15, 0.2) is 11.5 Å². The first-order valence-electron chi connectivity index (χ1n) is 14.5. The first-order valence-corrected chi connectivity index (χ1v) is 16.0. The van der Waals surface area contributed by atoms with Crippen LogP contribution in [0, 0.1) is 11.8 Å². The lowest BCUT2D eigenvalue weighted by Gasteiger charge is -2.37. The number of methoxy groups -OCH3 is 2. The van der Waals surface area contributed by atoms with E-state index < -0.39 is 10.0 Å². The van der Waals surface area contributed by atoms with Gasteiger partial charge in [0, 0.05) is 18.5 Å². The molecule has 1 fully saturated rings. The Morgan fingerprint density at radius 3 is 2.02 bits per heavy atom. The number of benzene rings is 3. The summed E-state index contributed by atoms with van der Waals surface area (Å²) in [4.78, 5) is 0.336. The number of nitrogens with one attached hydrogen (secondary N) is 2. The van der Waals surface area contributed by atoms with Gasteiger partial charge in [-0.3, -0.25) is 0 Å². The summed E-state index contributed by atoms with van der Waals surface area (Å²) in [6.07, 6.45) is 7.47. The third-order valence-corrected chi connectivity index (χ3v) is 10.2. The molecule has 0 heterocycles. The maximum atomic E-state index is 12.6. The fraction of sp³-hybridized carbons (Fsp3) is 0.455. The van der Waals surface area contributed by atoms with E-state index in [0.29, 0.717) is 35.2 Å². The van der Waals surface area contributed by atoms with Crippen LogP contribution in [0.5, 0.6) is 11.5 Å². The molecule has 0 radical (unpaired) electrons. The fourth-order valence-electron chi connectivity index (χ4n) is 6.46. The highest BCUT2D eigenvalue weighted by atomic mass is 32.2. The van der Waals surface area contributed by atoms with Gasteiger partial charge < -0.3 is 14.8 Å². The standard InChI is InChI=1S/C33H42N2O4S/c1-38-32-20-27-17-18-31(30(29(27)21-33(32)39-2)19-24-9-5-3-6-10-24)34-22-25-13-15-26(16-14-25)23-35-40(36,37)28-11-7-4-8-12-28/h3-12,20-21,25-26,30-31,34-35H,13-19,22-23H2,1-2H3. The van der Waals surface area contributed by atoms with E-state index in [1.54, 1.807) is 38.5 Å². The molecule has 7 heteroatoms. The number of ether oxygens (including phenoxy) is 2. The van der Waals surface area contributed by atoms with Crippen molar-refractivity contribution in [2.45, 2.75) is 61.8 Å². The van der Waals surface area contributed by atoms with Crippen molar-refractivity contribution in [3.8, 4) is 11.5 Å². The van der Waals surface area contributed by atoms with Crippen molar-refractivity contribution in [2.75, 3.05) is 27.3 Å². The van der Waals surface area contributed by atoms with Gasteiger partial charge >= 0.3 is 0 Å². The summed E-state index contributed by atoms with van der Waals surface area (Å²) in [6, 6.07) is 24.1. The van der Waals surface area contributed by atoms with Crippen LogP contribution in [-0.2, 0) is 22.9 Å². The summed E-state index contributed by atoms with van der Waals surface area (Å²) in [6.45, 7) is 1.52. The molecule has 40 heavy (non-hydrogen) atoms. The zero-order valence-corrected chi connectivity index (χ0v) is 24.5. The van der Waals surface area contributed by atoms with Crippen molar-refractivity contribution in [3.63, 3.8) is 0 Å². The van der Waals surface area contributed by atoms with Crippen molar-refractivity contribution in [1.82, 2.24) is 10.0 Å². The van der Waals surface area contributed by atoms with Crippen LogP contribution in [0.15, 0.2) is 77.7 Å². The Hall–Kier alpha value is -2.87. The predicted octanol–water partition coefficient (Wildman–Crippen LogP) is 5.72. The molecule has 0 aliphatic heterocycles. The first kappa shape index (κ1) is 28.7. The minimum Gasteiger partial charge on any atom is -0.493 e. The van der Waals surface area contributed by atoms with Crippen LogP contribution in [-0.4, -0.2) is 41.8 Å². The molecule has 0 aromatic heterocycles. The molecule has 0 bridgehead atoms. The van der Waals surface area contributed by atoms with Crippen molar-refractivity contribution in [3.05, 3.63) is 89.5 Å². The molecule has 1 saturated carbocycles. The largest absolute Gasteiger partial charge is 0.493 e. The molecule has 6 nitrogen and oxygen atoms in total. The maximum Gasteiger partial charge on any atom is 0.240 e. The van der Waals surface area contributed by atoms with Gasteiger partial charge in [-0.1, -0.05) is 48.5 Å². The van der Waals surface area contributed by atoms with Gasteiger partial charge in [0.2, 0.25) is 10.0 Å². The number of hydrogen-bond acceptors (Lipinski definition) is 5. The SMILES string of the molecule is COc1cc2c(cc1OC)C(Cc1ccccc1)C(NCC1CCC(CNS(=O)(=O)c3ccccc3)CC1)CC2. The van der Waals surface area contributed by atoms with Crippen LogP contribution in [0.25, 0.3) is 0 Å². The first-order chi connectivity index (χ1) is 19.5. The summed E-state index contributed by atoms with van der Waals surface area (Å²) in [5.74, 6) is 2.96. The Morgan fingerprint density at radius 2 is 1.38 bits per heavy atom. The second-order valence-corrected chi connectivity index (χ2v) is 13.1. The molecule has 2 unspecified atom stereocenters. The van der Waals surface area contributed by atoms with E-state index in [9.17, 15) is 8.42 Å². The van der Waals surface area contributed by atoms with Crippen molar-refractivity contribution >= 4 is 10.0 Å². The van der Waals surface area contributed by atoms with Gasteiger partial charge in [0.1, 0.15) is 0 Å². The van der Waals surface area contributed by atoms with Crippen LogP contribution in [0.3, 0.4) is 0 Å². The van der Waals surface area contributed by atoms with Gasteiger partial charge in [-0.25, -0.2) is 13.1 Å². The normalized spacial score (nSPS) is 22.9. The maximum absolute atomic E-state index is 12.6. The molecule has 3 aromatic carbocycles. The van der Waals surface area contributed by atoms with Crippen LogP contribution in [0.1, 0.15) is 54.7 Å². The van der Waals surface area contributed by atoms with Crippen molar-refractivity contribution in [2.24, 2.45) is 11.8 Å². The quantitative estimate of drug-likeness (QED) is 0.313. The second kappa shape index (κ2) is 13.2. The molecule has 2 N–H and O–H groups in total. The van der Waals surface area contributed by atoms with E-state index in [0.717, 1.165) is 63.0 Å². The van der Waals surface area contributed by atoms with Gasteiger partial charge in [0.05, 0.1) is 19.1 Å². The summed E-state index contributed by atoms with van der Waals surface area (Å²) in [7, 11) is -0.0365. The highest BCUT2D eigenvalue weighted by Crippen LogP contribution is 2.41. The smallest absolute Gasteiger partial charge is 0.240 e.